The fourth-order valence-corrected chi connectivity index (χ4v) is 14.8. The van der Waals surface area contributed by atoms with Crippen LogP contribution in [0.1, 0.15) is 182 Å². The van der Waals surface area contributed by atoms with Crippen molar-refractivity contribution in [3.8, 4) is 11.5 Å². The zero-order chi connectivity index (χ0) is 47.4. The molecule has 0 saturated carbocycles. The molecule has 1 heterocycles. The summed E-state index contributed by atoms with van der Waals surface area (Å²) in [5.41, 5.74) is 15.8. The quantitative estimate of drug-likeness (QED) is 0.0760. The Bertz CT molecular complexity index is 2520. The number of carbonyl (C=O) groups is 1. The molecule has 1 aliphatic rings. The molecule has 4 unspecified atom stereocenters. The molecule has 1 saturated heterocycles. The summed E-state index contributed by atoms with van der Waals surface area (Å²) in [5, 5.41) is 1.41. The molecule has 0 N–H and O–H groups in total. The maximum absolute atomic E-state index is 14.6. The number of hydrogen-bond donors (Lipinski definition) is 0. The minimum Gasteiger partial charge on any atom is -0.497 e. The molecule has 0 aliphatic carbocycles. The Morgan fingerprint density at radius 1 is 0.403 bits per heavy atom. The van der Waals surface area contributed by atoms with Crippen molar-refractivity contribution in [2.75, 3.05) is 14.2 Å². The van der Waals surface area contributed by atoms with E-state index in [0.29, 0.717) is 42.3 Å². The lowest BCUT2D eigenvalue weighted by Crippen LogP contribution is -2.30. The molecule has 0 radical (unpaired) electrons. The van der Waals surface area contributed by atoms with Gasteiger partial charge in [0.05, 0.1) is 14.2 Å². The molecule has 1 fully saturated rings. The van der Waals surface area contributed by atoms with Crippen LogP contribution < -0.4 is 14.8 Å². The highest BCUT2D eigenvalue weighted by molar-refractivity contribution is 7.66. The average Bonchev–Trinajstić information content (AvgIpc) is 3.34. The van der Waals surface area contributed by atoms with E-state index in [0.717, 1.165) is 11.5 Å². The summed E-state index contributed by atoms with van der Waals surface area (Å²) in [7, 11) is 2.28. The SMILES string of the molecule is COc1ccc(C2CC(=O)CC(c3ccc(OC)cc3)P2c2c(C(c3ccccc3)c3c(C(C)C)cccc3C(C)C)cccc2C(c2ccccc2)c2c(C(C)C)cccc2C(C)C)cc1. The molecule has 0 amide bonds. The predicted molar refractivity (Wildman–Crippen MR) is 283 cm³/mol. The van der Waals surface area contributed by atoms with Gasteiger partial charge in [-0.25, -0.2) is 0 Å². The molecule has 1 aliphatic heterocycles. The van der Waals surface area contributed by atoms with Crippen LogP contribution in [0.2, 0.25) is 0 Å². The molecule has 0 bridgehead atoms. The van der Waals surface area contributed by atoms with Crippen molar-refractivity contribution in [2.24, 2.45) is 0 Å². The van der Waals surface area contributed by atoms with Gasteiger partial charge < -0.3 is 9.47 Å². The first-order valence-electron chi connectivity index (χ1n) is 24.5. The Hall–Kier alpha value is -5.76. The molecule has 4 atom stereocenters. The molecule has 7 aromatic carbocycles. The van der Waals surface area contributed by atoms with E-state index in [4.69, 9.17) is 9.47 Å². The van der Waals surface area contributed by atoms with Crippen LogP contribution in [-0.4, -0.2) is 20.0 Å². The van der Waals surface area contributed by atoms with Gasteiger partial charge in [-0.15, -0.1) is 0 Å². The van der Waals surface area contributed by atoms with Crippen LogP contribution in [0.4, 0.5) is 0 Å². The Morgan fingerprint density at radius 2 is 0.716 bits per heavy atom. The highest BCUT2D eigenvalue weighted by Crippen LogP contribution is 2.68. The summed E-state index contributed by atoms with van der Waals surface area (Å²) in [6, 6.07) is 61.1. The maximum Gasteiger partial charge on any atom is 0.134 e. The van der Waals surface area contributed by atoms with Crippen molar-refractivity contribution >= 4 is 19.0 Å². The number of ether oxygens (including phenoxy) is 2. The van der Waals surface area contributed by atoms with Crippen molar-refractivity contribution in [3.63, 3.8) is 0 Å². The Morgan fingerprint density at radius 3 is 1.01 bits per heavy atom. The third-order valence-electron chi connectivity index (χ3n) is 14.2. The van der Waals surface area contributed by atoms with Gasteiger partial charge in [0.1, 0.15) is 17.3 Å². The van der Waals surface area contributed by atoms with Gasteiger partial charge in [0, 0.05) is 36.0 Å². The van der Waals surface area contributed by atoms with Crippen molar-refractivity contribution in [2.45, 2.75) is 115 Å². The van der Waals surface area contributed by atoms with E-state index in [9.17, 15) is 4.79 Å². The molecule has 4 heteroatoms. The van der Waals surface area contributed by atoms with Gasteiger partial charge in [-0.2, -0.15) is 0 Å². The number of rotatable bonds is 15. The summed E-state index contributed by atoms with van der Waals surface area (Å²) in [5.74, 6) is 2.96. The summed E-state index contributed by atoms with van der Waals surface area (Å²) in [6.07, 6.45) is 0.953. The third kappa shape index (κ3) is 9.82. The van der Waals surface area contributed by atoms with Crippen LogP contribution >= 0.6 is 7.92 Å². The summed E-state index contributed by atoms with van der Waals surface area (Å²) < 4.78 is 11.5. The second-order valence-corrected chi connectivity index (χ2v) is 22.2. The third-order valence-corrected chi connectivity index (χ3v) is 17.5. The number of ketones is 1. The Labute approximate surface area is 402 Å². The minimum absolute atomic E-state index is 0.0585. The van der Waals surface area contributed by atoms with Crippen molar-refractivity contribution in [1.82, 2.24) is 0 Å². The highest BCUT2D eigenvalue weighted by Gasteiger charge is 2.44. The second-order valence-electron chi connectivity index (χ2n) is 19.7. The van der Waals surface area contributed by atoms with Gasteiger partial charge >= 0.3 is 0 Å². The van der Waals surface area contributed by atoms with E-state index in [1.165, 1.54) is 72.1 Å². The van der Waals surface area contributed by atoms with Crippen LogP contribution in [0, 0.1) is 0 Å². The molecule has 7 aromatic rings. The lowest BCUT2D eigenvalue weighted by Gasteiger charge is -2.43. The topological polar surface area (TPSA) is 35.5 Å². The minimum atomic E-state index is -1.17. The van der Waals surface area contributed by atoms with Crippen LogP contribution in [0.25, 0.3) is 0 Å². The summed E-state index contributed by atoms with van der Waals surface area (Å²) >= 11 is 0. The second kappa shape index (κ2) is 21.0. The number of benzene rings is 7. The van der Waals surface area contributed by atoms with E-state index in [2.05, 4.69) is 219 Å². The summed E-state index contributed by atoms with van der Waals surface area (Å²) in [6.45, 7) is 18.8. The largest absolute Gasteiger partial charge is 0.497 e. The lowest BCUT2D eigenvalue weighted by molar-refractivity contribution is -0.119. The highest BCUT2D eigenvalue weighted by atomic mass is 31.1. The van der Waals surface area contributed by atoms with E-state index in [1.807, 2.05) is 0 Å². The van der Waals surface area contributed by atoms with E-state index >= 15 is 0 Å². The summed E-state index contributed by atoms with van der Waals surface area (Å²) in [4.78, 5) is 14.6. The molecule has 0 spiro atoms. The van der Waals surface area contributed by atoms with Crippen molar-refractivity contribution < 1.29 is 14.3 Å². The van der Waals surface area contributed by atoms with Crippen molar-refractivity contribution in [3.05, 3.63) is 231 Å². The van der Waals surface area contributed by atoms with Crippen LogP contribution in [0.5, 0.6) is 11.5 Å². The Balaban J connectivity index is 1.59. The zero-order valence-electron chi connectivity index (χ0n) is 41.3. The zero-order valence-corrected chi connectivity index (χ0v) is 42.2. The monoisotopic (exact) mass is 904 g/mol. The molecule has 344 valence electrons. The molecule has 0 aromatic heterocycles. The predicted octanol–water partition coefficient (Wildman–Crippen LogP) is 16.5. The fourth-order valence-electron chi connectivity index (χ4n) is 11.0. The van der Waals surface area contributed by atoms with Crippen LogP contribution in [0.15, 0.2) is 164 Å². The first kappa shape index (κ1) is 47.7. The van der Waals surface area contributed by atoms with E-state index in [1.54, 1.807) is 14.2 Å². The van der Waals surface area contributed by atoms with E-state index in [-0.39, 0.29) is 23.2 Å². The van der Waals surface area contributed by atoms with Crippen LogP contribution in [0.3, 0.4) is 0 Å². The lowest BCUT2D eigenvalue weighted by atomic mass is 9.73. The molecule has 67 heavy (non-hydrogen) atoms. The van der Waals surface area contributed by atoms with Gasteiger partial charge in [-0.3, -0.25) is 4.79 Å². The smallest absolute Gasteiger partial charge is 0.134 e. The van der Waals surface area contributed by atoms with E-state index < -0.39 is 7.92 Å². The van der Waals surface area contributed by atoms with Gasteiger partial charge in [-0.1, -0.05) is 203 Å². The maximum atomic E-state index is 14.6. The number of hydrogen-bond acceptors (Lipinski definition) is 3. The number of Topliss-reactive ketones (excluding diaryl/α,β-unsaturated/α-hetero) is 1. The molecular weight excluding hydrogens is 836 g/mol. The van der Waals surface area contributed by atoms with Gasteiger partial charge in [0.15, 0.2) is 0 Å². The first-order valence-corrected chi connectivity index (χ1v) is 26.0. The van der Waals surface area contributed by atoms with Crippen LogP contribution in [-0.2, 0) is 4.79 Å². The average molecular weight is 905 g/mol. The Kier molecular flexibility index (Phi) is 15.0. The molecule has 3 nitrogen and oxygen atoms in total. The number of methoxy groups -OCH3 is 2. The number of carbonyl (C=O) groups excluding carboxylic acids is 1. The fraction of sp³-hybridized carbons (Fsp3) is 0.317. The standard InChI is InChI=1S/C63H69O3P/c1-40(2)51-24-17-25-52(41(3)4)61(51)59(46-20-13-11-14-21-46)55-28-19-29-56(60(47-22-15-12-16-23-47)62-53(42(5)6)26-18-27-54(62)43(7)8)63(55)67-57(44-30-34-49(65-9)35-31-44)38-48(64)39-58(67)45-32-36-50(66-10)37-33-45/h11-37,40-43,57-60H,38-39H2,1-10H3. The normalized spacial score (nSPS) is 17.3. The van der Waals surface area contributed by atoms with Gasteiger partial charge in [0.25, 0.3) is 0 Å². The van der Waals surface area contributed by atoms with Gasteiger partial charge in [-0.05, 0) is 120 Å². The van der Waals surface area contributed by atoms with Gasteiger partial charge in [0.2, 0.25) is 0 Å². The first-order chi connectivity index (χ1) is 32.4. The molecule has 8 rings (SSSR count). The van der Waals surface area contributed by atoms with Crippen molar-refractivity contribution in [1.29, 1.82) is 0 Å². The molecular formula is C63H69O3P.